The molecule has 3 heteroatoms. The van der Waals surface area contributed by atoms with E-state index in [1.165, 1.54) is 78.0 Å². The van der Waals surface area contributed by atoms with Crippen LogP contribution < -0.4 is 4.74 Å². The number of hydrogen-bond acceptors (Lipinski definition) is 3. The van der Waals surface area contributed by atoms with E-state index >= 15 is 0 Å². The van der Waals surface area contributed by atoms with Gasteiger partial charge in [-0.1, -0.05) is 48.5 Å². The highest BCUT2D eigenvalue weighted by Crippen LogP contribution is 2.62. The first kappa shape index (κ1) is 25.9. The van der Waals surface area contributed by atoms with E-state index in [4.69, 9.17) is 9.47 Å². The smallest absolute Gasteiger partial charge is 0.330 e. The number of rotatable bonds is 8. The molecular weight excluding hydrogens is 480 g/mol. The minimum atomic E-state index is -0.303. The van der Waals surface area contributed by atoms with Crippen LogP contribution in [-0.4, -0.2) is 12.6 Å². The molecule has 4 aliphatic carbocycles. The van der Waals surface area contributed by atoms with Gasteiger partial charge in [-0.3, -0.25) is 0 Å². The van der Waals surface area contributed by atoms with Gasteiger partial charge in [-0.15, -0.1) is 0 Å². The Hall–Kier alpha value is -3.33. The minimum Gasteiger partial charge on any atom is -0.489 e. The second-order valence-corrected chi connectivity index (χ2v) is 12.3. The van der Waals surface area contributed by atoms with Crippen LogP contribution in [0, 0.1) is 31.6 Å². The number of esters is 1. The maximum Gasteiger partial charge on any atom is 0.330 e. The molecule has 3 aromatic rings. The lowest BCUT2D eigenvalue weighted by Crippen LogP contribution is -2.48. The van der Waals surface area contributed by atoms with Crippen LogP contribution in [0.25, 0.3) is 17.2 Å². The second kappa shape index (κ2) is 10.7. The normalized spacial score (nSPS) is 25.3. The average Bonchev–Trinajstić information content (AvgIpc) is 2.91. The lowest BCUT2D eigenvalue weighted by Gasteiger charge is -2.57. The summed E-state index contributed by atoms with van der Waals surface area (Å²) >= 11 is 0. The predicted molar refractivity (Wildman–Crippen MR) is 158 cm³/mol. The second-order valence-electron chi connectivity index (χ2n) is 12.3. The monoisotopic (exact) mass is 520 g/mol. The molecule has 202 valence electrons. The van der Waals surface area contributed by atoms with Crippen molar-refractivity contribution >= 4 is 12.0 Å². The van der Waals surface area contributed by atoms with Crippen molar-refractivity contribution in [2.45, 2.75) is 71.3 Å². The molecule has 0 spiro atoms. The Kier molecular flexibility index (Phi) is 7.10. The molecule has 4 fully saturated rings. The Bertz CT molecular complexity index is 1330. The zero-order chi connectivity index (χ0) is 27.0. The highest BCUT2D eigenvalue weighted by atomic mass is 16.5. The third-order valence-corrected chi connectivity index (χ3v) is 9.37. The maximum atomic E-state index is 11.8. The molecule has 0 aromatic heterocycles. The van der Waals surface area contributed by atoms with Gasteiger partial charge in [0.15, 0.2) is 0 Å². The molecule has 4 bridgehead atoms. The summed E-state index contributed by atoms with van der Waals surface area (Å²) in [6.45, 7) is 7.16. The summed E-state index contributed by atoms with van der Waals surface area (Å²) in [6, 6.07) is 21.8. The molecule has 4 aliphatic rings. The number of aryl methyl sites for hydroxylation is 2. The lowest BCUT2D eigenvalue weighted by atomic mass is 9.48. The topological polar surface area (TPSA) is 35.5 Å². The van der Waals surface area contributed by atoms with Crippen molar-refractivity contribution in [3.63, 3.8) is 0 Å². The summed E-state index contributed by atoms with van der Waals surface area (Å²) in [7, 11) is 0. The third-order valence-electron chi connectivity index (χ3n) is 9.37. The highest BCUT2D eigenvalue weighted by Gasteiger charge is 2.52. The molecule has 0 radical (unpaired) electrons. The molecule has 3 aromatic carbocycles. The van der Waals surface area contributed by atoms with Crippen LogP contribution in [0.15, 0.2) is 66.7 Å². The fourth-order valence-electron chi connectivity index (χ4n) is 8.30. The Balaban J connectivity index is 1.37. The van der Waals surface area contributed by atoms with Gasteiger partial charge < -0.3 is 9.47 Å². The van der Waals surface area contributed by atoms with Gasteiger partial charge >= 0.3 is 5.97 Å². The number of carbonyl (C=O) groups is 1. The molecule has 4 saturated carbocycles. The van der Waals surface area contributed by atoms with E-state index in [1.54, 1.807) is 0 Å². The van der Waals surface area contributed by atoms with Crippen molar-refractivity contribution in [3.8, 4) is 16.9 Å². The van der Waals surface area contributed by atoms with Crippen molar-refractivity contribution in [3.05, 3.63) is 94.6 Å². The van der Waals surface area contributed by atoms with E-state index in [1.807, 2.05) is 13.0 Å². The molecule has 39 heavy (non-hydrogen) atoms. The van der Waals surface area contributed by atoms with E-state index in [-0.39, 0.29) is 11.4 Å². The van der Waals surface area contributed by atoms with Crippen LogP contribution in [0.4, 0.5) is 0 Å². The quantitative estimate of drug-likeness (QED) is 0.220. The van der Waals surface area contributed by atoms with Crippen molar-refractivity contribution in [2.75, 3.05) is 6.61 Å². The minimum absolute atomic E-state index is 0.237. The first-order valence-corrected chi connectivity index (χ1v) is 14.7. The lowest BCUT2D eigenvalue weighted by molar-refractivity contribution is -0.137. The summed E-state index contributed by atoms with van der Waals surface area (Å²) in [4.78, 5) is 11.8. The van der Waals surface area contributed by atoms with E-state index in [0.717, 1.165) is 29.1 Å². The number of hydrogen-bond donors (Lipinski definition) is 0. The zero-order valence-electron chi connectivity index (χ0n) is 23.5. The van der Waals surface area contributed by atoms with Crippen LogP contribution >= 0.6 is 0 Å². The summed E-state index contributed by atoms with van der Waals surface area (Å²) in [6.07, 6.45) is 11.6. The SMILES string of the molecule is CCOC(=O)C=Cc1cc(C)c(-c2ccc(OCc3ccccc3)c(C34CC5CC(CC(C5)C3)C4)c2)c(C)c1. The highest BCUT2D eigenvalue weighted by molar-refractivity contribution is 5.87. The first-order chi connectivity index (χ1) is 18.9. The third kappa shape index (κ3) is 5.29. The Morgan fingerprint density at radius 1 is 0.897 bits per heavy atom. The van der Waals surface area contributed by atoms with Gasteiger partial charge in [-0.05, 0) is 134 Å². The molecule has 0 N–H and O–H groups in total. The summed E-state index contributed by atoms with van der Waals surface area (Å²) in [5.74, 6) is 3.37. The van der Waals surface area contributed by atoms with Crippen LogP contribution in [0.3, 0.4) is 0 Å². The van der Waals surface area contributed by atoms with Crippen LogP contribution in [0.1, 0.15) is 73.3 Å². The van der Waals surface area contributed by atoms with Gasteiger partial charge in [0, 0.05) is 11.6 Å². The predicted octanol–water partition coefficient (Wildman–Crippen LogP) is 8.59. The number of ether oxygens (including phenoxy) is 2. The average molecular weight is 521 g/mol. The van der Waals surface area contributed by atoms with Crippen LogP contribution in [0.2, 0.25) is 0 Å². The van der Waals surface area contributed by atoms with Crippen LogP contribution in [-0.2, 0) is 21.6 Å². The van der Waals surface area contributed by atoms with E-state index in [9.17, 15) is 4.79 Å². The van der Waals surface area contributed by atoms with Gasteiger partial charge in [0.2, 0.25) is 0 Å². The van der Waals surface area contributed by atoms with Gasteiger partial charge in [0.05, 0.1) is 6.61 Å². The largest absolute Gasteiger partial charge is 0.489 e. The van der Waals surface area contributed by atoms with Gasteiger partial charge in [0.1, 0.15) is 12.4 Å². The fourth-order valence-corrected chi connectivity index (χ4v) is 8.30. The van der Waals surface area contributed by atoms with E-state index < -0.39 is 0 Å². The molecule has 0 heterocycles. The Morgan fingerprint density at radius 3 is 2.15 bits per heavy atom. The van der Waals surface area contributed by atoms with E-state index in [0.29, 0.717) is 13.2 Å². The van der Waals surface area contributed by atoms with Crippen molar-refractivity contribution in [2.24, 2.45) is 17.8 Å². The zero-order valence-corrected chi connectivity index (χ0v) is 23.5. The molecule has 0 unspecified atom stereocenters. The molecular formula is C36H40O3. The molecule has 0 atom stereocenters. The summed E-state index contributed by atoms with van der Waals surface area (Å²) < 4.78 is 11.7. The van der Waals surface area contributed by atoms with E-state index in [2.05, 4.69) is 74.5 Å². The maximum absolute atomic E-state index is 11.8. The fraction of sp³-hybridized carbons (Fsp3) is 0.417. The Morgan fingerprint density at radius 2 is 1.54 bits per heavy atom. The van der Waals surface area contributed by atoms with Crippen molar-refractivity contribution in [1.82, 2.24) is 0 Å². The van der Waals surface area contributed by atoms with Gasteiger partial charge in [-0.25, -0.2) is 4.79 Å². The van der Waals surface area contributed by atoms with Crippen LogP contribution in [0.5, 0.6) is 5.75 Å². The molecule has 0 amide bonds. The summed E-state index contributed by atoms with van der Waals surface area (Å²) in [5, 5.41) is 0. The van der Waals surface area contributed by atoms with Crippen molar-refractivity contribution < 1.29 is 14.3 Å². The molecule has 3 nitrogen and oxygen atoms in total. The number of benzene rings is 3. The molecule has 7 rings (SSSR count). The first-order valence-electron chi connectivity index (χ1n) is 14.7. The van der Waals surface area contributed by atoms with Gasteiger partial charge in [-0.2, -0.15) is 0 Å². The summed E-state index contributed by atoms with van der Waals surface area (Å²) in [5.41, 5.74) is 8.87. The van der Waals surface area contributed by atoms with Gasteiger partial charge in [0.25, 0.3) is 0 Å². The standard InChI is InChI=1S/C36H40O3/c1-4-38-34(37)13-10-27-14-24(2)35(25(3)15-27)31-11-12-33(39-23-26-8-6-5-7-9-26)32(19-31)36-20-28-16-29(21-36)18-30(17-28)22-36/h5-15,19,28-30H,4,16-18,20-23H2,1-3H3. The number of carbonyl (C=O) groups excluding carboxylic acids is 1. The Labute approximate surface area is 233 Å². The molecule has 0 aliphatic heterocycles. The van der Waals surface area contributed by atoms with Crippen molar-refractivity contribution in [1.29, 1.82) is 0 Å². The molecule has 0 saturated heterocycles.